The fourth-order valence-electron chi connectivity index (χ4n) is 1.28. The van der Waals surface area contributed by atoms with Gasteiger partial charge in [0, 0.05) is 11.1 Å². The molecule has 0 bridgehead atoms. The Morgan fingerprint density at radius 3 is 2.93 bits per heavy atom. The highest BCUT2D eigenvalue weighted by Crippen LogP contribution is 2.26. The first-order valence-corrected chi connectivity index (χ1v) is 5.33. The third-order valence-electron chi connectivity index (χ3n) is 1.92. The SMILES string of the molecule is C=CCc1ccc(-c2ccccn2)s1. The second-order valence-electron chi connectivity index (χ2n) is 2.97. The summed E-state index contributed by atoms with van der Waals surface area (Å²) in [5.41, 5.74) is 1.05. The maximum absolute atomic E-state index is 4.31. The Bertz CT molecular complexity index is 417. The van der Waals surface area contributed by atoms with Gasteiger partial charge >= 0.3 is 0 Å². The molecule has 0 aromatic carbocycles. The highest BCUT2D eigenvalue weighted by atomic mass is 32.1. The van der Waals surface area contributed by atoms with Crippen LogP contribution in [0.5, 0.6) is 0 Å². The molecule has 2 aromatic heterocycles. The minimum atomic E-state index is 0.942. The average molecular weight is 201 g/mol. The minimum absolute atomic E-state index is 0.942. The van der Waals surface area contributed by atoms with Crippen LogP contribution in [0.2, 0.25) is 0 Å². The summed E-state index contributed by atoms with van der Waals surface area (Å²) in [5.74, 6) is 0. The molecule has 70 valence electrons. The molecule has 2 heteroatoms. The van der Waals surface area contributed by atoms with Gasteiger partial charge in [-0.1, -0.05) is 12.1 Å². The number of hydrogen-bond donors (Lipinski definition) is 0. The quantitative estimate of drug-likeness (QED) is 0.692. The number of aromatic nitrogens is 1. The van der Waals surface area contributed by atoms with Gasteiger partial charge in [0.25, 0.3) is 0 Å². The third kappa shape index (κ3) is 1.91. The molecule has 0 aliphatic carbocycles. The Labute approximate surface area is 87.8 Å². The summed E-state index contributed by atoms with van der Waals surface area (Å²) in [7, 11) is 0. The molecular formula is C12H11NS. The molecule has 0 amide bonds. The standard InChI is InChI=1S/C12H11NS/c1-2-5-10-7-8-12(14-10)11-6-3-4-9-13-11/h2-4,6-9H,1,5H2. The first-order chi connectivity index (χ1) is 6.90. The molecule has 2 aromatic rings. The van der Waals surface area contributed by atoms with Crippen molar-refractivity contribution in [2.24, 2.45) is 0 Å². The molecule has 0 radical (unpaired) electrons. The monoisotopic (exact) mass is 201 g/mol. The Kier molecular flexibility index (Phi) is 2.75. The van der Waals surface area contributed by atoms with Crippen LogP contribution >= 0.6 is 11.3 Å². The van der Waals surface area contributed by atoms with Gasteiger partial charge < -0.3 is 0 Å². The van der Waals surface area contributed by atoms with Gasteiger partial charge in [-0.25, -0.2) is 0 Å². The molecule has 0 spiro atoms. The summed E-state index contributed by atoms with van der Waals surface area (Å²) >= 11 is 1.78. The summed E-state index contributed by atoms with van der Waals surface area (Å²) in [5, 5.41) is 0. The summed E-state index contributed by atoms with van der Waals surface area (Å²) in [6, 6.07) is 10.2. The lowest BCUT2D eigenvalue weighted by Crippen LogP contribution is -1.75. The molecule has 0 fully saturated rings. The maximum Gasteiger partial charge on any atom is 0.0801 e. The number of rotatable bonds is 3. The number of thiophene rings is 1. The lowest BCUT2D eigenvalue weighted by Gasteiger charge is -1.93. The molecule has 2 rings (SSSR count). The van der Waals surface area contributed by atoms with Crippen molar-refractivity contribution in [2.45, 2.75) is 6.42 Å². The summed E-state index contributed by atoms with van der Waals surface area (Å²) in [6.45, 7) is 3.73. The van der Waals surface area contributed by atoms with E-state index < -0.39 is 0 Å². The molecule has 0 saturated heterocycles. The largest absolute Gasteiger partial charge is 0.255 e. The zero-order chi connectivity index (χ0) is 9.80. The van der Waals surface area contributed by atoms with E-state index in [9.17, 15) is 0 Å². The fourth-order valence-corrected chi connectivity index (χ4v) is 2.26. The van der Waals surface area contributed by atoms with E-state index in [1.54, 1.807) is 11.3 Å². The molecule has 0 saturated carbocycles. The molecule has 14 heavy (non-hydrogen) atoms. The van der Waals surface area contributed by atoms with E-state index in [4.69, 9.17) is 0 Å². The lowest BCUT2D eigenvalue weighted by atomic mass is 10.3. The van der Waals surface area contributed by atoms with Crippen molar-refractivity contribution in [3.05, 3.63) is 54.1 Å². The predicted octanol–water partition coefficient (Wildman–Crippen LogP) is 3.54. The Morgan fingerprint density at radius 1 is 1.29 bits per heavy atom. The topological polar surface area (TPSA) is 12.9 Å². The lowest BCUT2D eigenvalue weighted by molar-refractivity contribution is 1.34. The van der Waals surface area contributed by atoms with Crippen LogP contribution in [0.25, 0.3) is 10.6 Å². The van der Waals surface area contributed by atoms with E-state index >= 15 is 0 Å². The number of pyridine rings is 1. The van der Waals surface area contributed by atoms with Crippen LogP contribution in [0, 0.1) is 0 Å². The van der Waals surface area contributed by atoms with Crippen LogP contribution in [0.1, 0.15) is 4.88 Å². The molecular weight excluding hydrogens is 190 g/mol. The summed E-state index contributed by atoms with van der Waals surface area (Å²) in [6.07, 6.45) is 4.69. The van der Waals surface area contributed by atoms with Gasteiger partial charge in [0.15, 0.2) is 0 Å². The molecule has 0 aliphatic heterocycles. The van der Waals surface area contributed by atoms with E-state index in [2.05, 4.69) is 23.7 Å². The highest BCUT2D eigenvalue weighted by molar-refractivity contribution is 7.15. The van der Waals surface area contributed by atoms with Crippen LogP contribution in [0.4, 0.5) is 0 Å². The summed E-state index contributed by atoms with van der Waals surface area (Å²) < 4.78 is 0. The van der Waals surface area contributed by atoms with Crippen molar-refractivity contribution in [3.63, 3.8) is 0 Å². The first-order valence-electron chi connectivity index (χ1n) is 4.51. The molecule has 2 heterocycles. The van der Waals surface area contributed by atoms with Crippen LogP contribution in [-0.4, -0.2) is 4.98 Å². The van der Waals surface area contributed by atoms with Gasteiger partial charge in [0.05, 0.1) is 10.6 Å². The van der Waals surface area contributed by atoms with Crippen molar-refractivity contribution in [3.8, 4) is 10.6 Å². The van der Waals surface area contributed by atoms with Crippen LogP contribution in [0.3, 0.4) is 0 Å². The third-order valence-corrected chi connectivity index (χ3v) is 3.05. The minimum Gasteiger partial charge on any atom is -0.255 e. The van der Waals surface area contributed by atoms with Crippen LogP contribution in [0.15, 0.2) is 49.2 Å². The normalized spacial score (nSPS) is 10.0. The van der Waals surface area contributed by atoms with Crippen molar-refractivity contribution < 1.29 is 0 Å². The van der Waals surface area contributed by atoms with Crippen molar-refractivity contribution >= 4 is 11.3 Å². The van der Waals surface area contributed by atoms with Gasteiger partial charge in [0.2, 0.25) is 0 Å². The second-order valence-corrected chi connectivity index (χ2v) is 4.14. The van der Waals surface area contributed by atoms with Gasteiger partial charge in [-0.2, -0.15) is 0 Å². The van der Waals surface area contributed by atoms with E-state index in [0.717, 1.165) is 12.1 Å². The predicted molar refractivity (Wildman–Crippen MR) is 61.5 cm³/mol. The second kappa shape index (κ2) is 4.20. The molecule has 0 atom stereocenters. The molecule has 0 aliphatic rings. The smallest absolute Gasteiger partial charge is 0.0801 e. The average Bonchev–Trinajstić information content (AvgIpc) is 2.68. The number of hydrogen-bond acceptors (Lipinski definition) is 2. The number of nitrogens with zero attached hydrogens (tertiary/aromatic N) is 1. The van der Waals surface area contributed by atoms with Crippen molar-refractivity contribution in [2.75, 3.05) is 0 Å². The highest BCUT2D eigenvalue weighted by Gasteiger charge is 2.01. The Hall–Kier alpha value is -1.41. The van der Waals surface area contributed by atoms with Gasteiger partial charge in [0.1, 0.15) is 0 Å². The van der Waals surface area contributed by atoms with Crippen LogP contribution in [-0.2, 0) is 6.42 Å². The number of allylic oxidation sites excluding steroid dienone is 1. The maximum atomic E-state index is 4.31. The van der Waals surface area contributed by atoms with Crippen molar-refractivity contribution in [1.82, 2.24) is 4.98 Å². The Balaban J connectivity index is 2.29. The van der Waals surface area contributed by atoms with Gasteiger partial charge in [-0.15, -0.1) is 17.9 Å². The zero-order valence-corrected chi connectivity index (χ0v) is 8.63. The van der Waals surface area contributed by atoms with E-state index in [1.807, 2.05) is 30.5 Å². The van der Waals surface area contributed by atoms with Crippen molar-refractivity contribution in [1.29, 1.82) is 0 Å². The molecule has 1 nitrogen and oxygen atoms in total. The summed E-state index contributed by atoms with van der Waals surface area (Å²) in [4.78, 5) is 6.87. The van der Waals surface area contributed by atoms with E-state index in [0.29, 0.717) is 0 Å². The Morgan fingerprint density at radius 2 is 2.21 bits per heavy atom. The molecule has 0 unspecified atom stereocenters. The van der Waals surface area contributed by atoms with Crippen LogP contribution < -0.4 is 0 Å². The van der Waals surface area contributed by atoms with E-state index in [1.165, 1.54) is 9.75 Å². The van der Waals surface area contributed by atoms with Gasteiger partial charge in [-0.3, -0.25) is 4.98 Å². The van der Waals surface area contributed by atoms with Gasteiger partial charge in [-0.05, 0) is 30.7 Å². The first kappa shape index (κ1) is 9.16. The zero-order valence-electron chi connectivity index (χ0n) is 7.81. The molecule has 0 N–H and O–H groups in total. The fraction of sp³-hybridized carbons (Fsp3) is 0.0833. The van der Waals surface area contributed by atoms with E-state index in [-0.39, 0.29) is 0 Å².